The molecule has 0 aliphatic carbocycles. The molecule has 24 heavy (non-hydrogen) atoms. The maximum absolute atomic E-state index is 12.3. The van der Waals surface area contributed by atoms with Gasteiger partial charge >= 0.3 is 0 Å². The second-order valence-corrected chi connectivity index (χ2v) is 7.00. The maximum Gasteiger partial charge on any atom is 0.261 e. The fourth-order valence-electron chi connectivity index (χ4n) is 2.03. The summed E-state index contributed by atoms with van der Waals surface area (Å²) in [5.41, 5.74) is 1.69. The predicted octanol–water partition coefficient (Wildman–Crippen LogP) is 4.09. The molecule has 0 radical (unpaired) electrons. The fraction of sp³-hybridized carbons (Fsp3) is 0.118. The number of nitrogens with one attached hydrogen (secondary N) is 1. The summed E-state index contributed by atoms with van der Waals surface area (Å²) in [4.78, 5) is 12.3. The molecular formula is C17H15N3O2S2. The summed E-state index contributed by atoms with van der Waals surface area (Å²) in [5.74, 6) is 1.08. The lowest BCUT2D eigenvalue weighted by Gasteiger charge is -2.06. The lowest BCUT2D eigenvalue weighted by Crippen LogP contribution is -2.12. The summed E-state index contributed by atoms with van der Waals surface area (Å²) < 4.78 is 6.01. The highest BCUT2D eigenvalue weighted by Gasteiger charge is 2.14. The van der Waals surface area contributed by atoms with Crippen LogP contribution in [0.4, 0.5) is 5.13 Å². The van der Waals surface area contributed by atoms with Crippen molar-refractivity contribution in [2.75, 3.05) is 12.4 Å². The van der Waals surface area contributed by atoms with E-state index >= 15 is 0 Å². The minimum absolute atomic E-state index is 0.261. The van der Waals surface area contributed by atoms with Gasteiger partial charge in [0.1, 0.15) is 5.75 Å². The van der Waals surface area contributed by atoms with Crippen LogP contribution >= 0.6 is 23.1 Å². The second-order valence-electron chi connectivity index (χ2n) is 4.80. The number of thioether (sulfide) groups is 1. The molecule has 0 aliphatic heterocycles. The van der Waals surface area contributed by atoms with Crippen molar-refractivity contribution in [2.45, 2.75) is 10.1 Å². The first-order valence-corrected chi connectivity index (χ1v) is 9.01. The van der Waals surface area contributed by atoms with Crippen molar-refractivity contribution in [3.8, 4) is 5.75 Å². The van der Waals surface area contributed by atoms with Crippen molar-refractivity contribution in [1.82, 2.24) is 10.2 Å². The number of carbonyl (C=O) groups excluding carboxylic acids is 1. The van der Waals surface area contributed by atoms with Gasteiger partial charge in [0.2, 0.25) is 5.13 Å². The minimum atomic E-state index is -0.261. The number of rotatable bonds is 6. The Balaban J connectivity index is 1.62. The molecule has 0 aliphatic rings. The van der Waals surface area contributed by atoms with Crippen molar-refractivity contribution in [2.24, 2.45) is 0 Å². The molecule has 0 spiro atoms. The van der Waals surface area contributed by atoms with Crippen LogP contribution in [0.25, 0.3) is 0 Å². The molecule has 5 nitrogen and oxygen atoms in total. The zero-order valence-corrected chi connectivity index (χ0v) is 14.6. The maximum atomic E-state index is 12.3. The smallest absolute Gasteiger partial charge is 0.261 e. The standard InChI is InChI=1S/C17H15N3O2S2/c1-22-14-10-6-5-9-13(14)15(21)18-16-19-20-17(24-16)23-11-12-7-3-2-4-8-12/h2-10H,11H2,1H3,(H,18,19,21). The van der Waals surface area contributed by atoms with E-state index in [2.05, 4.69) is 27.6 Å². The number of nitrogens with zero attached hydrogens (tertiary/aromatic N) is 2. The molecule has 1 amide bonds. The van der Waals surface area contributed by atoms with E-state index in [4.69, 9.17) is 4.74 Å². The van der Waals surface area contributed by atoms with Crippen LogP contribution in [0, 0.1) is 0 Å². The van der Waals surface area contributed by atoms with Gasteiger partial charge in [-0.15, -0.1) is 10.2 Å². The Morgan fingerprint density at radius 3 is 2.67 bits per heavy atom. The van der Waals surface area contributed by atoms with Gasteiger partial charge in [-0.2, -0.15) is 0 Å². The molecule has 2 aromatic carbocycles. The van der Waals surface area contributed by atoms with Crippen molar-refractivity contribution in [3.63, 3.8) is 0 Å². The first-order valence-electron chi connectivity index (χ1n) is 7.21. The molecule has 0 saturated carbocycles. The number of methoxy groups -OCH3 is 1. The highest BCUT2D eigenvalue weighted by atomic mass is 32.2. The summed E-state index contributed by atoms with van der Waals surface area (Å²) >= 11 is 2.95. The average molecular weight is 357 g/mol. The normalized spacial score (nSPS) is 10.4. The monoisotopic (exact) mass is 357 g/mol. The van der Waals surface area contributed by atoms with Crippen LogP contribution in [-0.4, -0.2) is 23.2 Å². The Morgan fingerprint density at radius 1 is 1.12 bits per heavy atom. The number of para-hydroxylation sites is 1. The summed E-state index contributed by atoms with van der Waals surface area (Å²) in [6.45, 7) is 0. The third-order valence-electron chi connectivity index (χ3n) is 3.18. The third kappa shape index (κ3) is 4.12. The molecule has 1 aromatic heterocycles. The van der Waals surface area contributed by atoms with Crippen LogP contribution in [0.5, 0.6) is 5.75 Å². The van der Waals surface area contributed by atoms with Gasteiger partial charge in [0, 0.05) is 5.75 Å². The number of hydrogen-bond acceptors (Lipinski definition) is 6. The molecule has 3 aromatic rings. The van der Waals surface area contributed by atoms with Gasteiger partial charge in [0.25, 0.3) is 5.91 Å². The lowest BCUT2D eigenvalue weighted by molar-refractivity contribution is 0.102. The molecular weight excluding hydrogens is 342 g/mol. The summed E-state index contributed by atoms with van der Waals surface area (Å²) in [6.07, 6.45) is 0. The number of amides is 1. The SMILES string of the molecule is COc1ccccc1C(=O)Nc1nnc(SCc2ccccc2)s1. The van der Waals surface area contributed by atoms with Crippen LogP contribution in [0.1, 0.15) is 15.9 Å². The number of carbonyl (C=O) groups is 1. The van der Waals surface area contributed by atoms with Gasteiger partial charge in [-0.3, -0.25) is 10.1 Å². The number of hydrogen-bond donors (Lipinski definition) is 1. The predicted molar refractivity (Wildman–Crippen MR) is 96.9 cm³/mol. The molecule has 3 rings (SSSR count). The summed E-state index contributed by atoms with van der Waals surface area (Å²) in [7, 11) is 1.54. The van der Waals surface area contributed by atoms with Crippen LogP contribution in [0.2, 0.25) is 0 Å². The van der Waals surface area contributed by atoms with Crippen LogP contribution in [-0.2, 0) is 5.75 Å². The van der Waals surface area contributed by atoms with E-state index in [-0.39, 0.29) is 5.91 Å². The van der Waals surface area contributed by atoms with Crippen molar-refractivity contribution < 1.29 is 9.53 Å². The third-order valence-corrected chi connectivity index (χ3v) is 5.23. The van der Waals surface area contributed by atoms with Crippen molar-refractivity contribution >= 4 is 34.1 Å². The molecule has 0 saturated heterocycles. The quantitative estimate of drug-likeness (QED) is 0.532. The van der Waals surface area contributed by atoms with Gasteiger partial charge in [0.05, 0.1) is 12.7 Å². The van der Waals surface area contributed by atoms with Crippen LogP contribution < -0.4 is 10.1 Å². The topological polar surface area (TPSA) is 64.1 Å². The number of benzene rings is 2. The fourth-order valence-corrected chi connectivity index (χ4v) is 3.74. The van der Waals surface area contributed by atoms with Gasteiger partial charge < -0.3 is 4.74 Å². The zero-order chi connectivity index (χ0) is 16.8. The molecule has 0 atom stereocenters. The van der Waals surface area contributed by atoms with Gasteiger partial charge in [-0.1, -0.05) is 65.6 Å². The highest BCUT2D eigenvalue weighted by molar-refractivity contribution is 8.00. The number of ether oxygens (including phenoxy) is 1. The summed E-state index contributed by atoms with van der Waals surface area (Å²) in [6, 6.07) is 17.2. The van der Waals surface area contributed by atoms with Crippen molar-refractivity contribution in [1.29, 1.82) is 0 Å². The van der Waals surface area contributed by atoms with E-state index in [1.807, 2.05) is 24.3 Å². The molecule has 7 heteroatoms. The van der Waals surface area contributed by atoms with Gasteiger partial charge in [0.15, 0.2) is 4.34 Å². The Labute approximate surface area is 148 Å². The molecule has 122 valence electrons. The van der Waals surface area contributed by atoms with E-state index in [1.54, 1.807) is 30.0 Å². The minimum Gasteiger partial charge on any atom is -0.496 e. The lowest BCUT2D eigenvalue weighted by atomic mass is 10.2. The Bertz CT molecular complexity index is 821. The van der Waals surface area contributed by atoms with E-state index in [0.29, 0.717) is 16.4 Å². The first kappa shape index (κ1) is 16.5. The Kier molecular flexibility index (Phi) is 5.45. The second kappa shape index (κ2) is 7.94. The van der Waals surface area contributed by atoms with E-state index in [1.165, 1.54) is 24.0 Å². The zero-order valence-electron chi connectivity index (χ0n) is 12.9. The molecule has 0 unspecified atom stereocenters. The summed E-state index contributed by atoms with van der Waals surface area (Å²) in [5, 5.41) is 11.4. The van der Waals surface area contributed by atoms with Gasteiger partial charge in [-0.05, 0) is 17.7 Å². The average Bonchev–Trinajstić information content (AvgIpc) is 3.08. The molecule has 1 N–H and O–H groups in total. The Morgan fingerprint density at radius 2 is 1.88 bits per heavy atom. The highest BCUT2D eigenvalue weighted by Crippen LogP contribution is 2.29. The molecule has 0 bridgehead atoms. The Hall–Kier alpha value is -2.38. The van der Waals surface area contributed by atoms with E-state index < -0.39 is 0 Å². The first-order chi connectivity index (χ1) is 11.8. The van der Waals surface area contributed by atoms with Crippen LogP contribution in [0.3, 0.4) is 0 Å². The number of anilines is 1. The largest absolute Gasteiger partial charge is 0.496 e. The van der Waals surface area contributed by atoms with Crippen LogP contribution in [0.15, 0.2) is 58.9 Å². The molecule has 0 fully saturated rings. The van der Waals surface area contributed by atoms with E-state index in [0.717, 1.165) is 10.1 Å². The number of aromatic nitrogens is 2. The van der Waals surface area contributed by atoms with Gasteiger partial charge in [-0.25, -0.2) is 0 Å². The molecule has 1 heterocycles. The van der Waals surface area contributed by atoms with Crippen molar-refractivity contribution in [3.05, 3.63) is 65.7 Å². The van der Waals surface area contributed by atoms with E-state index in [9.17, 15) is 4.79 Å².